The second-order valence-corrected chi connectivity index (χ2v) is 4.88. The SMILES string of the molecule is Cc1ccn(Cc2nnnn2-c2ccccc2)c(=O)c1[N+](=O)[O-]. The predicted octanol–water partition coefficient (Wildman–Crippen LogP) is 1.09. The second kappa shape index (κ2) is 5.79. The van der Waals surface area contributed by atoms with E-state index >= 15 is 0 Å². The first-order chi connectivity index (χ1) is 11.1. The van der Waals surface area contributed by atoms with Gasteiger partial charge in [-0.15, -0.1) is 5.10 Å². The largest absolute Gasteiger partial charge is 0.336 e. The maximum Gasteiger partial charge on any atom is 0.336 e. The molecule has 3 aromatic rings. The van der Waals surface area contributed by atoms with Crippen molar-refractivity contribution in [1.29, 1.82) is 0 Å². The van der Waals surface area contributed by atoms with Crippen LogP contribution in [0.4, 0.5) is 5.69 Å². The second-order valence-electron chi connectivity index (χ2n) is 4.88. The van der Waals surface area contributed by atoms with Gasteiger partial charge in [-0.3, -0.25) is 14.9 Å². The average molecular weight is 312 g/mol. The van der Waals surface area contributed by atoms with Crippen molar-refractivity contribution in [2.75, 3.05) is 0 Å². The first-order valence-electron chi connectivity index (χ1n) is 6.75. The number of para-hydroxylation sites is 1. The van der Waals surface area contributed by atoms with E-state index in [9.17, 15) is 14.9 Å². The molecule has 0 aliphatic rings. The molecule has 0 N–H and O–H groups in total. The molecule has 0 unspecified atom stereocenters. The molecule has 9 nitrogen and oxygen atoms in total. The lowest BCUT2D eigenvalue weighted by molar-refractivity contribution is -0.387. The van der Waals surface area contributed by atoms with E-state index in [2.05, 4.69) is 15.5 Å². The number of hydrogen-bond acceptors (Lipinski definition) is 6. The van der Waals surface area contributed by atoms with Crippen LogP contribution in [0, 0.1) is 17.0 Å². The fourth-order valence-corrected chi connectivity index (χ4v) is 2.23. The highest BCUT2D eigenvalue weighted by Gasteiger charge is 2.19. The van der Waals surface area contributed by atoms with Gasteiger partial charge < -0.3 is 4.57 Å². The Morgan fingerprint density at radius 1 is 1.22 bits per heavy atom. The highest BCUT2D eigenvalue weighted by Crippen LogP contribution is 2.12. The Morgan fingerprint density at radius 2 is 1.96 bits per heavy atom. The molecule has 0 aliphatic carbocycles. The summed E-state index contributed by atoms with van der Waals surface area (Å²) < 4.78 is 2.70. The molecule has 0 amide bonds. The van der Waals surface area contributed by atoms with Crippen LogP contribution in [0.3, 0.4) is 0 Å². The van der Waals surface area contributed by atoms with Gasteiger partial charge in [-0.05, 0) is 35.5 Å². The molecule has 0 fully saturated rings. The minimum Gasteiger partial charge on any atom is -0.302 e. The normalized spacial score (nSPS) is 10.7. The zero-order valence-electron chi connectivity index (χ0n) is 12.2. The van der Waals surface area contributed by atoms with Gasteiger partial charge in [0.15, 0.2) is 5.82 Å². The maximum atomic E-state index is 12.2. The molecule has 3 rings (SSSR count). The molecule has 0 saturated heterocycles. The van der Waals surface area contributed by atoms with E-state index in [0.717, 1.165) is 5.69 Å². The van der Waals surface area contributed by atoms with E-state index in [1.165, 1.54) is 28.4 Å². The molecule has 2 heterocycles. The highest BCUT2D eigenvalue weighted by atomic mass is 16.6. The number of nitrogens with zero attached hydrogens (tertiary/aromatic N) is 6. The van der Waals surface area contributed by atoms with Crippen molar-refractivity contribution >= 4 is 5.69 Å². The first kappa shape index (κ1) is 14.6. The molecule has 0 spiro atoms. The standard InChI is InChI=1S/C14H12N6O3/c1-10-7-8-18(14(21)13(10)20(22)23)9-12-15-16-17-19(12)11-5-3-2-4-6-11/h2-8H,9H2,1H3. The van der Waals surface area contributed by atoms with E-state index < -0.39 is 16.2 Å². The Labute approximate surface area is 130 Å². The van der Waals surface area contributed by atoms with Crippen molar-refractivity contribution in [3.05, 3.63) is 74.5 Å². The molecule has 0 radical (unpaired) electrons. The molecule has 116 valence electrons. The Balaban J connectivity index is 2.02. The summed E-state index contributed by atoms with van der Waals surface area (Å²) in [5.74, 6) is 0.399. The molecule has 1 aromatic carbocycles. The van der Waals surface area contributed by atoms with Crippen molar-refractivity contribution in [2.24, 2.45) is 0 Å². The van der Waals surface area contributed by atoms with Crippen molar-refractivity contribution in [3.8, 4) is 5.69 Å². The van der Waals surface area contributed by atoms with Crippen LogP contribution in [0.2, 0.25) is 0 Å². The van der Waals surface area contributed by atoms with Crippen molar-refractivity contribution in [2.45, 2.75) is 13.5 Å². The van der Waals surface area contributed by atoms with Crippen LogP contribution in [0.5, 0.6) is 0 Å². The number of nitro groups is 1. The van der Waals surface area contributed by atoms with E-state index in [0.29, 0.717) is 11.4 Å². The number of tetrazole rings is 1. The van der Waals surface area contributed by atoms with Crippen molar-refractivity contribution < 1.29 is 4.92 Å². The van der Waals surface area contributed by atoms with Crippen LogP contribution in [-0.4, -0.2) is 29.7 Å². The minimum absolute atomic E-state index is 0.0296. The quantitative estimate of drug-likeness (QED) is 0.527. The fourth-order valence-electron chi connectivity index (χ4n) is 2.23. The van der Waals surface area contributed by atoms with Crippen LogP contribution in [0.1, 0.15) is 11.4 Å². The Bertz CT molecular complexity index is 916. The maximum absolute atomic E-state index is 12.2. The van der Waals surface area contributed by atoms with Crippen LogP contribution in [-0.2, 0) is 6.54 Å². The third kappa shape index (κ3) is 2.71. The molecule has 0 aliphatic heterocycles. The third-order valence-corrected chi connectivity index (χ3v) is 3.37. The van der Waals surface area contributed by atoms with E-state index in [1.54, 1.807) is 0 Å². The number of pyridine rings is 1. The predicted molar refractivity (Wildman–Crippen MR) is 80.3 cm³/mol. The van der Waals surface area contributed by atoms with Gasteiger partial charge in [-0.1, -0.05) is 18.2 Å². The zero-order chi connectivity index (χ0) is 16.4. The number of hydrogen-bond donors (Lipinski definition) is 0. The fraction of sp³-hybridized carbons (Fsp3) is 0.143. The minimum atomic E-state index is -0.683. The van der Waals surface area contributed by atoms with E-state index in [1.807, 2.05) is 30.3 Å². The number of aryl methyl sites for hydroxylation is 1. The van der Waals surface area contributed by atoms with Gasteiger partial charge in [0.2, 0.25) is 0 Å². The number of benzene rings is 1. The monoisotopic (exact) mass is 312 g/mol. The molecule has 2 aromatic heterocycles. The molecule has 0 saturated carbocycles. The van der Waals surface area contributed by atoms with Crippen molar-refractivity contribution in [1.82, 2.24) is 24.8 Å². The van der Waals surface area contributed by atoms with Gasteiger partial charge in [0.05, 0.1) is 17.2 Å². The summed E-state index contributed by atoms with van der Waals surface area (Å²) in [6, 6.07) is 10.7. The summed E-state index contributed by atoms with van der Waals surface area (Å²) in [6.07, 6.45) is 1.49. The lowest BCUT2D eigenvalue weighted by Gasteiger charge is -2.07. The van der Waals surface area contributed by atoms with Gasteiger partial charge in [0, 0.05) is 11.8 Å². The lowest BCUT2D eigenvalue weighted by Crippen LogP contribution is -2.24. The average Bonchev–Trinajstić information content (AvgIpc) is 2.99. The Kier molecular flexibility index (Phi) is 3.67. The number of rotatable bonds is 4. The highest BCUT2D eigenvalue weighted by molar-refractivity contribution is 5.36. The van der Waals surface area contributed by atoms with Gasteiger partial charge in [0.1, 0.15) is 0 Å². The summed E-state index contributed by atoms with van der Waals surface area (Å²) in [7, 11) is 0. The lowest BCUT2D eigenvalue weighted by atomic mass is 10.2. The zero-order valence-corrected chi connectivity index (χ0v) is 12.2. The van der Waals surface area contributed by atoms with Gasteiger partial charge in [0.25, 0.3) is 0 Å². The Hall–Kier alpha value is -3.36. The van der Waals surface area contributed by atoms with E-state index in [-0.39, 0.29) is 6.54 Å². The third-order valence-electron chi connectivity index (χ3n) is 3.37. The van der Waals surface area contributed by atoms with Gasteiger partial charge in [-0.25, -0.2) is 0 Å². The smallest absolute Gasteiger partial charge is 0.302 e. The molecule has 0 bridgehead atoms. The molecule has 0 atom stereocenters. The Morgan fingerprint density at radius 3 is 2.65 bits per heavy atom. The number of aromatic nitrogens is 5. The molecular formula is C14H12N6O3. The van der Waals surface area contributed by atoms with Crippen molar-refractivity contribution in [3.63, 3.8) is 0 Å². The first-order valence-corrected chi connectivity index (χ1v) is 6.75. The van der Waals surface area contributed by atoms with E-state index in [4.69, 9.17) is 0 Å². The molecule has 9 heteroatoms. The van der Waals surface area contributed by atoms with Crippen LogP contribution in [0.25, 0.3) is 5.69 Å². The van der Waals surface area contributed by atoms with Crippen LogP contribution < -0.4 is 5.56 Å². The topological polar surface area (TPSA) is 109 Å². The summed E-state index contributed by atoms with van der Waals surface area (Å²) in [5.41, 5.74) is -0.0649. The molecule has 23 heavy (non-hydrogen) atoms. The van der Waals surface area contributed by atoms with Gasteiger partial charge >= 0.3 is 11.2 Å². The van der Waals surface area contributed by atoms with Gasteiger partial charge in [-0.2, -0.15) is 4.68 Å². The summed E-state index contributed by atoms with van der Waals surface area (Å²) in [6.45, 7) is 1.56. The summed E-state index contributed by atoms with van der Waals surface area (Å²) in [5, 5.41) is 22.4. The summed E-state index contributed by atoms with van der Waals surface area (Å²) >= 11 is 0. The molecular weight excluding hydrogens is 300 g/mol. The van der Waals surface area contributed by atoms with Crippen LogP contribution >= 0.6 is 0 Å². The summed E-state index contributed by atoms with van der Waals surface area (Å²) in [4.78, 5) is 22.6. The van der Waals surface area contributed by atoms with Crippen LogP contribution in [0.15, 0.2) is 47.4 Å².